The van der Waals surface area contributed by atoms with Gasteiger partial charge in [0.25, 0.3) is 0 Å². The Morgan fingerprint density at radius 3 is 2.70 bits per heavy atom. The SMILES string of the molecule is C#CCN(C(=O)C1CC(=O)N(c2ccc(F)c(F)c2)C1)C1CC1. The predicted octanol–water partition coefficient (Wildman–Crippen LogP) is 1.94. The van der Waals surface area contributed by atoms with Crippen LogP contribution in [0.15, 0.2) is 18.2 Å². The summed E-state index contributed by atoms with van der Waals surface area (Å²) in [7, 11) is 0. The van der Waals surface area contributed by atoms with Crippen molar-refractivity contribution in [2.75, 3.05) is 18.0 Å². The number of amides is 2. The highest BCUT2D eigenvalue weighted by molar-refractivity contribution is 6.00. The number of rotatable bonds is 4. The number of benzene rings is 1. The monoisotopic (exact) mass is 318 g/mol. The Hall–Kier alpha value is -2.42. The molecule has 1 aliphatic heterocycles. The Morgan fingerprint density at radius 2 is 2.09 bits per heavy atom. The molecular weight excluding hydrogens is 302 g/mol. The fourth-order valence-corrected chi connectivity index (χ4v) is 2.88. The molecule has 2 amide bonds. The molecule has 0 radical (unpaired) electrons. The van der Waals surface area contributed by atoms with Crippen molar-refractivity contribution < 1.29 is 18.4 Å². The van der Waals surface area contributed by atoms with Crippen molar-refractivity contribution in [1.29, 1.82) is 0 Å². The molecule has 23 heavy (non-hydrogen) atoms. The van der Waals surface area contributed by atoms with Crippen molar-refractivity contribution in [3.05, 3.63) is 29.8 Å². The van der Waals surface area contributed by atoms with Crippen LogP contribution < -0.4 is 4.90 Å². The normalized spacial score (nSPS) is 20.5. The second-order valence-corrected chi connectivity index (χ2v) is 5.91. The van der Waals surface area contributed by atoms with E-state index in [4.69, 9.17) is 6.42 Å². The van der Waals surface area contributed by atoms with Crippen molar-refractivity contribution in [2.24, 2.45) is 5.92 Å². The van der Waals surface area contributed by atoms with Gasteiger partial charge in [-0.1, -0.05) is 5.92 Å². The topological polar surface area (TPSA) is 40.6 Å². The molecule has 120 valence electrons. The molecule has 1 atom stereocenters. The van der Waals surface area contributed by atoms with Crippen molar-refractivity contribution in [3.63, 3.8) is 0 Å². The molecule has 0 bridgehead atoms. The summed E-state index contributed by atoms with van der Waals surface area (Å²) in [5.74, 6) is -0.414. The molecule has 0 aromatic heterocycles. The summed E-state index contributed by atoms with van der Waals surface area (Å²) in [6.45, 7) is 0.399. The molecular formula is C17H16F2N2O2. The number of carbonyl (C=O) groups is 2. The molecule has 2 aliphatic rings. The van der Waals surface area contributed by atoms with Crippen LogP contribution in [0.25, 0.3) is 0 Å². The third-order valence-electron chi connectivity index (χ3n) is 4.22. The van der Waals surface area contributed by atoms with Crippen molar-refractivity contribution in [3.8, 4) is 12.3 Å². The van der Waals surface area contributed by atoms with E-state index in [0.717, 1.165) is 25.0 Å². The summed E-state index contributed by atoms with van der Waals surface area (Å²) in [6, 6.07) is 3.46. The van der Waals surface area contributed by atoms with Gasteiger partial charge in [0, 0.05) is 30.8 Å². The smallest absolute Gasteiger partial charge is 0.229 e. The van der Waals surface area contributed by atoms with E-state index >= 15 is 0 Å². The first-order valence-electron chi connectivity index (χ1n) is 7.50. The molecule has 1 unspecified atom stereocenters. The summed E-state index contributed by atoms with van der Waals surface area (Å²) < 4.78 is 26.4. The summed E-state index contributed by atoms with van der Waals surface area (Å²) in [5, 5.41) is 0. The van der Waals surface area contributed by atoms with Gasteiger partial charge < -0.3 is 9.80 Å². The van der Waals surface area contributed by atoms with Crippen LogP contribution in [0.1, 0.15) is 19.3 Å². The number of halogens is 2. The van der Waals surface area contributed by atoms with E-state index in [0.29, 0.717) is 0 Å². The first-order valence-corrected chi connectivity index (χ1v) is 7.50. The highest BCUT2D eigenvalue weighted by Gasteiger charge is 2.41. The fraction of sp³-hybridized carbons (Fsp3) is 0.412. The van der Waals surface area contributed by atoms with Gasteiger partial charge in [-0.3, -0.25) is 9.59 Å². The van der Waals surface area contributed by atoms with Gasteiger partial charge in [0.15, 0.2) is 11.6 Å². The maximum absolute atomic E-state index is 13.3. The Labute approximate surface area is 133 Å². The van der Waals surface area contributed by atoms with Crippen LogP contribution in [0.4, 0.5) is 14.5 Å². The van der Waals surface area contributed by atoms with Crippen molar-refractivity contribution in [1.82, 2.24) is 4.90 Å². The number of carbonyl (C=O) groups excluding carboxylic acids is 2. The zero-order valence-corrected chi connectivity index (χ0v) is 12.5. The average molecular weight is 318 g/mol. The van der Waals surface area contributed by atoms with Crippen LogP contribution in [0.5, 0.6) is 0 Å². The van der Waals surface area contributed by atoms with Gasteiger partial charge in [0.05, 0.1) is 12.5 Å². The Kier molecular flexibility index (Phi) is 4.03. The molecule has 2 fully saturated rings. The van der Waals surface area contributed by atoms with Gasteiger partial charge in [-0.15, -0.1) is 6.42 Å². The first kappa shape index (κ1) is 15.5. The first-order chi connectivity index (χ1) is 11.0. The largest absolute Gasteiger partial charge is 0.328 e. The third-order valence-corrected chi connectivity index (χ3v) is 4.22. The summed E-state index contributed by atoms with van der Waals surface area (Å²) in [5.41, 5.74) is 0.263. The number of terminal acetylenes is 1. The van der Waals surface area contributed by atoms with E-state index in [1.807, 2.05) is 0 Å². The summed E-state index contributed by atoms with van der Waals surface area (Å²) in [6.07, 6.45) is 7.23. The van der Waals surface area contributed by atoms with Gasteiger partial charge in [-0.2, -0.15) is 0 Å². The van der Waals surface area contributed by atoms with Gasteiger partial charge in [-0.25, -0.2) is 8.78 Å². The van der Waals surface area contributed by atoms with Crippen LogP contribution >= 0.6 is 0 Å². The molecule has 1 saturated heterocycles. The van der Waals surface area contributed by atoms with Gasteiger partial charge >= 0.3 is 0 Å². The molecule has 6 heteroatoms. The molecule has 1 heterocycles. The van der Waals surface area contributed by atoms with Gasteiger partial charge in [0.1, 0.15) is 0 Å². The second kappa shape index (κ2) is 5.99. The molecule has 1 aromatic rings. The number of hydrogen-bond acceptors (Lipinski definition) is 2. The van der Waals surface area contributed by atoms with Crippen LogP contribution in [-0.2, 0) is 9.59 Å². The maximum atomic E-state index is 13.3. The minimum absolute atomic E-state index is 0.0611. The minimum atomic E-state index is -1.02. The van der Waals surface area contributed by atoms with E-state index in [1.54, 1.807) is 4.90 Å². The average Bonchev–Trinajstić information content (AvgIpc) is 3.29. The van der Waals surface area contributed by atoms with Crippen molar-refractivity contribution in [2.45, 2.75) is 25.3 Å². The van der Waals surface area contributed by atoms with Crippen LogP contribution in [0, 0.1) is 29.9 Å². The molecule has 1 saturated carbocycles. The number of nitrogens with zero attached hydrogens (tertiary/aromatic N) is 2. The van der Waals surface area contributed by atoms with Gasteiger partial charge in [0.2, 0.25) is 11.8 Å². The van der Waals surface area contributed by atoms with Crippen LogP contribution in [-0.4, -0.2) is 35.8 Å². The van der Waals surface area contributed by atoms with E-state index < -0.39 is 17.6 Å². The Bertz CT molecular complexity index is 694. The zero-order valence-electron chi connectivity index (χ0n) is 12.5. The summed E-state index contributed by atoms with van der Waals surface area (Å²) >= 11 is 0. The van der Waals surface area contributed by atoms with Crippen LogP contribution in [0.3, 0.4) is 0 Å². The van der Waals surface area contributed by atoms with Crippen molar-refractivity contribution >= 4 is 17.5 Å². The molecule has 1 aliphatic carbocycles. The van der Waals surface area contributed by atoms with E-state index in [-0.39, 0.29) is 43.1 Å². The quantitative estimate of drug-likeness (QED) is 0.796. The number of hydrogen-bond donors (Lipinski definition) is 0. The lowest BCUT2D eigenvalue weighted by Gasteiger charge is -2.23. The molecule has 0 spiro atoms. The Balaban J connectivity index is 1.75. The third kappa shape index (κ3) is 3.04. The molecule has 3 rings (SSSR count). The van der Waals surface area contributed by atoms with Crippen LogP contribution in [0.2, 0.25) is 0 Å². The van der Waals surface area contributed by atoms with E-state index in [1.165, 1.54) is 11.0 Å². The Morgan fingerprint density at radius 1 is 1.35 bits per heavy atom. The predicted molar refractivity (Wildman–Crippen MR) is 80.4 cm³/mol. The lowest BCUT2D eigenvalue weighted by Crippen LogP contribution is -2.39. The maximum Gasteiger partial charge on any atom is 0.229 e. The molecule has 1 aromatic carbocycles. The van der Waals surface area contributed by atoms with Gasteiger partial charge in [-0.05, 0) is 25.0 Å². The van der Waals surface area contributed by atoms with E-state index in [2.05, 4.69) is 5.92 Å². The summed E-state index contributed by atoms with van der Waals surface area (Å²) in [4.78, 5) is 27.7. The highest BCUT2D eigenvalue weighted by Crippen LogP contribution is 2.32. The zero-order chi connectivity index (χ0) is 16.6. The molecule has 0 N–H and O–H groups in total. The van der Waals surface area contributed by atoms with E-state index in [9.17, 15) is 18.4 Å². The number of anilines is 1. The second-order valence-electron chi connectivity index (χ2n) is 5.91. The standard InChI is InChI=1S/C17H16F2N2O2/c1-2-7-20(12-3-4-12)17(23)11-8-16(22)21(10-11)13-5-6-14(18)15(19)9-13/h1,5-6,9,11-12H,3-4,7-8,10H2. The fourth-order valence-electron chi connectivity index (χ4n) is 2.88. The molecule has 4 nitrogen and oxygen atoms in total. The highest BCUT2D eigenvalue weighted by atomic mass is 19.2. The lowest BCUT2D eigenvalue weighted by molar-refractivity contribution is -0.135. The lowest BCUT2D eigenvalue weighted by atomic mass is 10.1. The minimum Gasteiger partial charge on any atom is -0.328 e.